The van der Waals surface area contributed by atoms with Crippen molar-refractivity contribution < 1.29 is 24.2 Å². The molecule has 0 saturated carbocycles. The van der Waals surface area contributed by atoms with Crippen LogP contribution in [0, 0.1) is 13.8 Å². The summed E-state index contributed by atoms with van der Waals surface area (Å²) >= 11 is 0.936. The molecule has 5 rings (SSSR count). The minimum Gasteiger partial charge on any atom is -0.505 e. The number of fused-ring (bicyclic) bond motifs is 1. The van der Waals surface area contributed by atoms with E-state index >= 15 is 0 Å². The van der Waals surface area contributed by atoms with Crippen LogP contribution in [-0.2, 0) is 14.3 Å². The first-order valence-corrected chi connectivity index (χ1v) is 11.4. The van der Waals surface area contributed by atoms with Crippen LogP contribution in [0.25, 0.3) is 11.4 Å². The van der Waals surface area contributed by atoms with E-state index in [2.05, 4.69) is 15.0 Å². The molecule has 1 amide bonds. The molecule has 1 fully saturated rings. The van der Waals surface area contributed by atoms with Gasteiger partial charge in [-0.25, -0.2) is 14.8 Å². The number of anilines is 1. The van der Waals surface area contributed by atoms with Gasteiger partial charge in [0.25, 0.3) is 5.78 Å². The van der Waals surface area contributed by atoms with Crippen LogP contribution in [0.1, 0.15) is 38.4 Å². The predicted octanol–water partition coefficient (Wildman–Crippen LogP) is 3.22. The maximum absolute atomic E-state index is 13.4. The topological polar surface area (TPSA) is 127 Å². The van der Waals surface area contributed by atoms with E-state index in [1.807, 2.05) is 6.07 Å². The molecule has 5 heterocycles. The van der Waals surface area contributed by atoms with Crippen LogP contribution in [-0.4, -0.2) is 49.2 Å². The van der Waals surface area contributed by atoms with E-state index in [1.165, 1.54) is 18.2 Å². The normalized spacial score (nSPS) is 17.3. The Hall–Kier alpha value is -4.38. The van der Waals surface area contributed by atoms with Crippen molar-refractivity contribution in [3.63, 3.8) is 0 Å². The first kappa shape index (κ1) is 22.4. The van der Waals surface area contributed by atoms with Crippen LogP contribution in [0.15, 0.2) is 54.5 Å². The van der Waals surface area contributed by atoms with E-state index in [0.717, 1.165) is 11.3 Å². The van der Waals surface area contributed by atoms with Crippen molar-refractivity contribution in [3.8, 4) is 0 Å². The lowest BCUT2D eigenvalue weighted by Gasteiger charge is -2.22. The first-order chi connectivity index (χ1) is 16.8. The highest BCUT2D eigenvalue weighted by atomic mass is 32.1. The number of aromatic nitrogens is 4. The van der Waals surface area contributed by atoms with Crippen LogP contribution in [0.5, 0.6) is 0 Å². The summed E-state index contributed by atoms with van der Waals surface area (Å²) in [6.45, 7) is 3.33. The van der Waals surface area contributed by atoms with Crippen molar-refractivity contribution in [2.45, 2.75) is 19.9 Å². The Morgan fingerprint density at radius 2 is 1.91 bits per heavy atom. The number of ether oxygens (including phenoxy) is 1. The van der Waals surface area contributed by atoms with Gasteiger partial charge in [-0.1, -0.05) is 23.5 Å². The number of aliphatic hydroxyl groups excluding tert-OH is 1. The fourth-order valence-electron chi connectivity index (χ4n) is 4.18. The fourth-order valence-corrected chi connectivity index (χ4v) is 5.19. The van der Waals surface area contributed by atoms with Crippen LogP contribution in [0.3, 0.4) is 0 Å². The molecule has 1 unspecified atom stereocenters. The molecule has 35 heavy (non-hydrogen) atoms. The number of pyridine rings is 2. The molecule has 1 N–H and O–H groups in total. The Kier molecular flexibility index (Phi) is 5.40. The number of nitrogens with zero attached hydrogens (tertiary/aromatic N) is 5. The average Bonchev–Trinajstić information content (AvgIpc) is 3.49. The molecule has 10 nitrogen and oxygen atoms in total. The van der Waals surface area contributed by atoms with E-state index in [4.69, 9.17) is 4.74 Å². The number of aliphatic hydroxyl groups is 1. The van der Waals surface area contributed by atoms with E-state index in [-0.39, 0.29) is 21.3 Å². The van der Waals surface area contributed by atoms with E-state index in [9.17, 15) is 19.5 Å². The molecule has 176 valence electrons. The van der Waals surface area contributed by atoms with E-state index < -0.39 is 23.7 Å². The lowest BCUT2D eigenvalue weighted by atomic mass is 9.97. The lowest BCUT2D eigenvalue weighted by molar-refractivity contribution is -0.132. The van der Waals surface area contributed by atoms with Crippen LogP contribution in [0.4, 0.5) is 5.13 Å². The van der Waals surface area contributed by atoms with Gasteiger partial charge in [0, 0.05) is 18.6 Å². The summed E-state index contributed by atoms with van der Waals surface area (Å²) in [4.78, 5) is 53.2. The largest absolute Gasteiger partial charge is 0.505 e. The number of methoxy groups -OCH3 is 1. The molecule has 4 aromatic heterocycles. The number of carbonyl (C=O) groups excluding carboxylic acids is 3. The molecule has 1 atom stereocenters. The second kappa shape index (κ2) is 8.44. The quantitative estimate of drug-likeness (QED) is 0.200. The van der Waals surface area contributed by atoms with Gasteiger partial charge in [-0.3, -0.25) is 23.9 Å². The molecule has 0 aromatic carbocycles. The maximum Gasteiger partial charge on any atom is 0.350 e. The number of imidazole rings is 1. The molecule has 4 aromatic rings. The van der Waals surface area contributed by atoms with Gasteiger partial charge < -0.3 is 9.84 Å². The van der Waals surface area contributed by atoms with Gasteiger partial charge in [0.05, 0.1) is 30.1 Å². The zero-order valence-corrected chi connectivity index (χ0v) is 19.7. The summed E-state index contributed by atoms with van der Waals surface area (Å²) in [6.07, 6.45) is 4.79. The number of ketones is 1. The summed E-state index contributed by atoms with van der Waals surface area (Å²) in [5, 5.41) is 11.6. The van der Waals surface area contributed by atoms with Crippen molar-refractivity contribution in [1.29, 1.82) is 0 Å². The molecule has 0 bridgehead atoms. The Morgan fingerprint density at radius 3 is 2.63 bits per heavy atom. The number of hydrogen-bond donors (Lipinski definition) is 1. The van der Waals surface area contributed by atoms with Gasteiger partial charge in [0.2, 0.25) is 0 Å². The van der Waals surface area contributed by atoms with E-state index in [1.54, 1.807) is 54.9 Å². The number of carbonyl (C=O) groups is 3. The highest BCUT2D eigenvalue weighted by molar-refractivity contribution is 7.17. The Morgan fingerprint density at radius 1 is 1.11 bits per heavy atom. The van der Waals surface area contributed by atoms with Crippen molar-refractivity contribution in [2.75, 3.05) is 12.0 Å². The van der Waals surface area contributed by atoms with Gasteiger partial charge in [-0.15, -0.1) is 0 Å². The number of aryl methyl sites for hydroxylation is 2. The van der Waals surface area contributed by atoms with Crippen molar-refractivity contribution in [2.24, 2.45) is 0 Å². The number of amides is 1. The zero-order chi connectivity index (χ0) is 24.9. The monoisotopic (exact) mass is 489 g/mol. The molecule has 1 saturated heterocycles. The van der Waals surface area contributed by atoms with E-state index in [0.29, 0.717) is 28.3 Å². The third-order valence-electron chi connectivity index (χ3n) is 5.74. The van der Waals surface area contributed by atoms with Gasteiger partial charge in [-0.05, 0) is 37.6 Å². The molecule has 1 aliphatic heterocycles. The van der Waals surface area contributed by atoms with Gasteiger partial charge in [0.1, 0.15) is 16.2 Å². The second-order valence-corrected chi connectivity index (χ2v) is 8.81. The number of thiazole rings is 1. The van der Waals surface area contributed by atoms with Crippen LogP contribution in [0.2, 0.25) is 0 Å². The third-order valence-corrected chi connectivity index (χ3v) is 6.87. The lowest BCUT2D eigenvalue weighted by Crippen LogP contribution is -2.29. The SMILES string of the molecule is COC(=O)c1sc(N2C(=O)C(=O)C(=C(O)c3c(C)nc4ccccn34)C2c2cccnc2)nc1C. The Labute approximate surface area is 203 Å². The number of rotatable bonds is 4. The van der Waals surface area contributed by atoms with Crippen molar-refractivity contribution in [3.05, 3.63) is 82.0 Å². The number of Topliss-reactive ketones (excluding diaryl/α,β-unsaturated/α-hetero) is 1. The minimum atomic E-state index is -1.02. The van der Waals surface area contributed by atoms with Crippen LogP contribution >= 0.6 is 11.3 Å². The standard InChI is InChI=1S/C24H19N5O5S/c1-12-17(28-10-5-4-8-15(28)26-12)19(30)16-18(14-7-6-9-25-11-14)29(22(32)20(16)31)24-27-13(2)21(35-24)23(33)34-3/h4-11,18,30H,1-3H3. The van der Waals surface area contributed by atoms with Crippen LogP contribution < -0.4 is 4.90 Å². The first-order valence-electron chi connectivity index (χ1n) is 10.5. The molecular weight excluding hydrogens is 470 g/mol. The highest BCUT2D eigenvalue weighted by Crippen LogP contribution is 2.44. The Bertz CT molecular complexity index is 1540. The van der Waals surface area contributed by atoms with Gasteiger partial charge >= 0.3 is 11.9 Å². The maximum atomic E-state index is 13.4. The molecule has 0 spiro atoms. The summed E-state index contributed by atoms with van der Waals surface area (Å²) < 4.78 is 6.46. The summed E-state index contributed by atoms with van der Waals surface area (Å²) in [5.41, 5.74) is 2.11. The second-order valence-electron chi connectivity index (χ2n) is 7.83. The van der Waals surface area contributed by atoms with Gasteiger partial charge in [-0.2, -0.15) is 0 Å². The number of hydrogen-bond acceptors (Lipinski definition) is 9. The minimum absolute atomic E-state index is 0.121. The van der Waals surface area contributed by atoms with Gasteiger partial charge in [0.15, 0.2) is 10.9 Å². The Balaban J connectivity index is 1.76. The van der Waals surface area contributed by atoms with Crippen molar-refractivity contribution in [1.82, 2.24) is 19.4 Å². The summed E-state index contributed by atoms with van der Waals surface area (Å²) in [6, 6.07) is 7.70. The predicted molar refractivity (Wildman–Crippen MR) is 127 cm³/mol. The summed E-state index contributed by atoms with van der Waals surface area (Å²) in [5.74, 6) is -2.72. The molecule has 1 aliphatic rings. The molecule has 0 radical (unpaired) electrons. The number of esters is 1. The molecular formula is C24H19N5O5S. The fraction of sp³-hybridized carbons (Fsp3) is 0.167. The van der Waals surface area contributed by atoms with Crippen molar-refractivity contribution >= 4 is 45.5 Å². The highest BCUT2D eigenvalue weighted by Gasteiger charge is 2.49. The zero-order valence-electron chi connectivity index (χ0n) is 18.9. The average molecular weight is 490 g/mol. The summed E-state index contributed by atoms with van der Waals surface area (Å²) in [7, 11) is 1.25. The molecule has 11 heteroatoms. The molecule has 0 aliphatic carbocycles. The smallest absolute Gasteiger partial charge is 0.350 e. The third kappa shape index (κ3) is 3.48.